The molecule has 0 bridgehead atoms. The summed E-state index contributed by atoms with van der Waals surface area (Å²) in [6.45, 7) is 3.57. The standard InChI is InChI=1S/C16H28O5/c1-2-3-4-5-9-20-10-11-21-16(19)14-8-6-7-13(12-14)15(17)18/h13-14H,2-12H2,1H3,(H,17,18). The van der Waals surface area contributed by atoms with Gasteiger partial charge in [0.2, 0.25) is 0 Å². The van der Waals surface area contributed by atoms with Gasteiger partial charge in [0.15, 0.2) is 0 Å². The summed E-state index contributed by atoms with van der Waals surface area (Å²) in [6, 6.07) is 0. The number of carbonyl (C=O) groups is 2. The van der Waals surface area contributed by atoms with Crippen LogP contribution in [0.25, 0.3) is 0 Å². The highest BCUT2D eigenvalue weighted by atomic mass is 16.6. The van der Waals surface area contributed by atoms with E-state index >= 15 is 0 Å². The van der Waals surface area contributed by atoms with Gasteiger partial charge in [0.05, 0.1) is 18.4 Å². The second-order valence-corrected chi connectivity index (χ2v) is 5.74. The molecule has 1 aliphatic rings. The van der Waals surface area contributed by atoms with E-state index in [4.69, 9.17) is 14.6 Å². The Hall–Kier alpha value is -1.10. The molecule has 5 nitrogen and oxygen atoms in total. The molecule has 0 aromatic heterocycles. The third-order valence-corrected chi connectivity index (χ3v) is 3.97. The van der Waals surface area contributed by atoms with E-state index in [1.54, 1.807) is 0 Å². The van der Waals surface area contributed by atoms with Gasteiger partial charge in [-0.15, -0.1) is 0 Å². The first-order valence-corrected chi connectivity index (χ1v) is 8.12. The van der Waals surface area contributed by atoms with Crippen molar-refractivity contribution in [2.24, 2.45) is 11.8 Å². The second kappa shape index (κ2) is 10.6. The SMILES string of the molecule is CCCCCCOCCOC(=O)C1CCCC(C(=O)O)C1. The highest BCUT2D eigenvalue weighted by molar-refractivity contribution is 5.75. The lowest BCUT2D eigenvalue weighted by Gasteiger charge is -2.24. The normalized spacial score (nSPS) is 22.0. The first-order valence-electron chi connectivity index (χ1n) is 8.12. The summed E-state index contributed by atoms with van der Waals surface area (Å²) >= 11 is 0. The number of hydrogen-bond donors (Lipinski definition) is 1. The van der Waals surface area contributed by atoms with E-state index in [0.717, 1.165) is 19.3 Å². The molecule has 0 aliphatic heterocycles. The number of carboxylic acids is 1. The molecule has 1 aliphatic carbocycles. The first-order chi connectivity index (χ1) is 10.1. The Kier molecular flexibility index (Phi) is 9.06. The number of carboxylic acid groups (broad SMARTS) is 1. The minimum Gasteiger partial charge on any atom is -0.481 e. The molecule has 0 spiro atoms. The van der Waals surface area contributed by atoms with E-state index in [1.807, 2.05) is 0 Å². The van der Waals surface area contributed by atoms with Crippen molar-refractivity contribution in [3.05, 3.63) is 0 Å². The molecule has 1 rings (SSSR count). The van der Waals surface area contributed by atoms with E-state index in [0.29, 0.717) is 26.1 Å². The van der Waals surface area contributed by atoms with Gasteiger partial charge in [-0.2, -0.15) is 0 Å². The van der Waals surface area contributed by atoms with Crippen LogP contribution in [0.4, 0.5) is 0 Å². The number of aliphatic carboxylic acids is 1. The predicted octanol–water partition coefficient (Wildman–Crippen LogP) is 3.02. The summed E-state index contributed by atoms with van der Waals surface area (Å²) in [7, 11) is 0. The van der Waals surface area contributed by atoms with Crippen LogP contribution in [0.2, 0.25) is 0 Å². The molecule has 0 heterocycles. The zero-order valence-electron chi connectivity index (χ0n) is 13.0. The third-order valence-electron chi connectivity index (χ3n) is 3.97. The Labute approximate surface area is 127 Å². The Bertz CT molecular complexity index is 316. The van der Waals surface area contributed by atoms with E-state index in [1.165, 1.54) is 19.3 Å². The molecule has 122 valence electrons. The van der Waals surface area contributed by atoms with Gasteiger partial charge in [-0.25, -0.2) is 0 Å². The smallest absolute Gasteiger partial charge is 0.309 e. The molecule has 0 radical (unpaired) electrons. The largest absolute Gasteiger partial charge is 0.481 e. The van der Waals surface area contributed by atoms with Crippen molar-refractivity contribution in [1.82, 2.24) is 0 Å². The van der Waals surface area contributed by atoms with Gasteiger partial charge >= 0.3 is 11.9 Å². The molecule has 1 N–H and O–H groups in total. The molecule has 0 saturated heterocycles. The van der Waals surface area contributed by atoms with Crippen molar-refractivity contribution in [2.75, 3.05) is 19.8 Å². The van der Waals surface area contributed by atoms with Crippen molar-refractivity contribution in [2.45, 2.75) is 58.3 Å². The van der Waals surface area contributed by atoms with E-state index < -0.39 is 11.9 Å². The molecule has 0 aromatic carbocycles. The Morgan fingerprint density at radius 1 is 1.05 bits per heavy atom. The van der Waals surface area contributed by atoms with Gasteiger partial charge in [0.1, 0.15) is 6.61 Å². The summed E-state index contributed by atoms with van der Waals surface area (Å²) in [4.78, 5) is 22.8. The first kappa shape index (κ1) is 18.0. The second-order valence-electron chi connectivity index (χ2n) is 5.74. The highest BCUT2D eigenvalue weighted by Gasteiger charge is 2.31. The predicted molar refractivity (Wildman–Crippen MR) is 79.0 cm³/mol. The summed E-state index contributed by atoms with van der Waals surface area (Å²) in [6.07, 6.45) is 7.25. The number of ether oxygens (including phenoxy) is 2. The van der Waals surface area contributed by atoms with Crippen molar-refractivity contribution in [3.8, 4) is 0 Å². The zero-order chi connectivity index (χ0) is 15.5. The number of hydrogen-bond acceptors (Lipinski definition) is 4. The molecular weight excluding hydrogens is 272 g/mol. The number of carbonyl (C=O) groups excluding carboxylic acids is 1. The van der Waals surface area contributed by atoms with Crippen LogP contribution in [0.3, 0.4) is 0 Å². The van der Waals surface area contributed by atoms with Crippen LogP contribution in [-0.2, 0) is 19.1 Å². The summed E-state index contributed by atoms with van der Waals surface area (Å²) in [5.41, 5.74) is 0. The van der Waals surface area contributed by atoms with Gasteiger partial charge in [0.25, 0.3) is 0 Å². The van der Waals surface area contributed by atoms with Crippen molar-refractivity contribution in [1.29, 1.82) is 0 Å². The van der Waals surface area contributed by atoms with Gasteiger partial charge in [-0.05, 0) is 25.7 Å². The molecule has 0 amide bonds. The Morgan fingerprint density at radius 2 is 1.81 bits per heavy atom. The van der Waals surface area contributed by atoms with Gasteiger partial charge in [0, 0.05) is 6.61 Å². The van der Waals surface area contributed by atoms with Crippen LogP contribution in [0.5, 0.6) is 0 Å². The molecule has 2 unspecified atom stereocenters. The lowest BCUT2D eigenvalue weighted by atomic mass is 9.81. The van der Waals surface area contributed by atoms with Crippen molar-refractivity contribution < 1.29 is 24.2 Å². The van der Waals surface area contributed by atoms with Gasteiger partial charge in [-0.1, -0.05) is 32.6 Å². The number of rotatable bonds is 10. The minimum absolute atomic E-state index is 0.260. The molecular formula is C16H28O5. The summed E-state index contributed by atoms with van der Waals surface area (Å²) in [5.74, 6) is -1.73. The summed E-state index contributed by atoms with van der Waals surface area (Å²) < 4.78 is 10.6. The molecule has 21 heavy (non-hydrogen) atoms. The minimum atomic E-state index is -0.803. The Morgan fingerprint density at radius 3 is 2.52 bits per heavy atom. The maximum absolute atomic E-state index is 11.9. The lowest BCUT2D eigenvalue weighted by molar-refractivity contribution is -0.153. The molecule has 1 fully saturated rings. The average molecular weight is 300 g/mol. The van der Waals surface area contributed by atoms with Gasteiger partial charge in [-0.3, -0.25) is 9.59 Å². The fraction of sp³-hybridized carbons (Fsp3) is 0.875. The zero-order valence-corrected chi connectivity index (χ0v) is 13.0. The molecule has 5 heteroatoms. The number of esters is 1. The van der Waals surface area contributed by atoms with Crippen molar-refractivity contribution >= 4 is 11.9 Å². The van der Waals surface area contributed by atoms with Crippen LogP contribution in [-0.4, -0.2) is 36.9 Å². The highest BCUT2D eigenvalue weighted by Crippen LogP contribution is 2.29. The van der Waals surface area contributed by atoms with Crippen LogP contribution in [0.1, 0.15) is 58.3 Å². The van der Waals surface area contributed by atoms with Crippen LogP contribution in [0, 0.1) is 11.8 Å². The quantitative estimate of drug-likeness (QED) is 0.496. The average Bonchev–Trinajstić information content (AvgIpc) is 2.49. The fourth-order valence-corrected chi connectivity index (χ4v) is 2.68. The topological polar surface area (TPSA) is 72.8 Å². The van der Waals surface area contributed by atoms with E-state index in [-0.39, 0.29) is 18.5 Å². The van der Waals surface area contributed by atoms with Crippen LogP contribution < -0.4 is 0 Å². The fourth-order valence-electron chi connectivity index (χ4n) is 2.68. The molecule has 0 aromatic rings. The summed E-state index contributed by atoms with van der Waals surface area (Å²) in [5, 5.41) is 9.00. The Balaban J connectivity index is 2.06. The third kappa shape index (κ3) is 7.46. The molecule has 2 atom stereocenters. The van der Waals surface area contributed by atoms with Crippen LogP contribution in [0.15, 0.2) is 0 Å². The lowest BCUT2D eigenvalue weighted by Crippen LogP contribution is -2.29. The van der Waals surface area contributed by atoms with E-state index in [9.17, 15) is 9.59 Å². The number of unbranched alkanes of at least 4 members (excludes halogenated alkanes) is 3. The maximum atomic E-state index is 11.9. The van der Waals surface area contributed by atoms with E-state index in [2.05, 4.69) is 6.92 Å². The monoisotopic (exact) mass is 300 g/mol. The molecule has 1 saturated carbocycles. The van der Waals surface area contributed by atoms with Gasteiger partial charge < -0.3 is 14.6 Å². The maximum Gasteiger partial charge on any atom is 0.309 e. The van der Waals surface area contributed by atoms with Crippen molar-refractivity contribution in [3.63, 3.8) is 0 Å². The van der Waals surface area contributed by atoms with Crippen LogP contribution >= 0.6 is 0 Å².